The van der Waals surface area contributed by atoms with Gasteiger partial charge in [-0.2, -0.15) is 4.39 Å². The summed E-state index contributed by atoms with van der Waals surface area (Å²) in [6.07, 6.45) is 3.24. The molecule has 3 fully saturated rings. The Balaban J connectivity index is 1.77. The minimum absolute atomic E-state index is 0.0517. The predicted octanol–water partition coefficient (Wildman–Crippen LogP) is 3.04. The molecule has 0 spiro atoms. The van der Waals surface area contributed by atoms with Crippen molar-refractivity contribution < 1.29 is 28.6 Å². The third-order valence-corrected chi connectivity index (χ3v) is 8.25. The molecule has 0 amide bonds. The van der Waals surface area contributed by atoms with Gasteiger partial charge in [-0.1, -0.05) is 12.5 Å². The molecule has 0 saturated heterocycles. The Morgan fingerprint density at radius 2 is 1.96 bits per heavy atom. The molecule has 0 aromatic carbocycles. The van der Waals surface area contributed by atoms with Crippen molar-refractivity contribution in [2.75, 3.05) is 6.61 Å². The lowest BCUT2D eigenvalue weighted by molar-refractivity contribution is -0.143. The third kappa shape index (κ3) is 2.32. The smallest absolute Gasteiger partial charge is 0.216 e. The summed E-state index contributed by atoms with van der Waals surface area (Å²) in [5.41, 5.74) is -1.18. The number of carbonyl (C=O) groups is 2. The summed E-state index contributed by atoms with van der Waals surface area (Å²) in [5.74, 6) is -4.29. The highest BCUT2D eigenvalue weighted by Crippen LogP contribution is 2.67. The summed E-state index contributed by atoms with van der Waals surface area (Å²) in [7, 11) is 0. The van der Waals surface area contributed by atoms with E-state index in [2.05, 4.69) is 0 Å². The Kier molecular flexibility index (Phi) is 4.24. The van der Waals surface area contributed by atoms with Crippen LogP contribution < -0.4 is 0 Å². The van der Waals surface area contributed by atoms with Gasteiger partial charge in [-0.3, -0.25) is 9.59 Å². The number of halogens is 2. The van der Waals surface area contributed by atoms with Crippen LogP contribution in [0.4, 0.5) is 8.78 Å². The molecule has 7 atom stereocenters. The number of ketones is 2. The van der Waals surface area contributed by atoms with Crippen molar-refractivity contribution in [2.24, 2.45) is 34.5 Å². The van der Waals surface area contributed by atoms with Crippen LogP contribution in [-0.4, -0.2) is 34.5 Å². The lowest BCUT2D eigenvalue weighted by atomic mass is 9.46. The van der Waals surface area contributed by atoms with E-state index in [4.69, 9.17) is 0 Å². The second-order valence-corrected chi connectivity index (χ2v) is 9.23. The lowest BCUT2D eigenvalue weighted by Crippen LogP contribution is -2.57. The monoisotopic (exact) mass is 380 g/mol. The first-order valence-corrected chi connectivity index (χ1v) is 9.79. The van der Waals surface area contributed by atoms with Gasteiger partial charge < -0.3 is 10.2 Å². The van der Waals surface area contributed by atoms with Gasteiger partial charge in [0.05, 0.1) is 6.10 Å². The quantitative estimate of drug-likeness (QED) is 0.772. The molecule has 27 heavy (non-hydrogen) atoms. The Bertz CT molecular complexity index is 772. The van der Waals surface area contributed by atoms with Crippen LogP contribution in [0.1, 0.15) is 46.0 Å². The Hall–Kier alpha value is -1.40. The fourth-order valence-electron chi connectivity index (χ4n) is 7.07. The maximum Gasteiger partial charge on any atom is 0.216 e. The number of allylic oxidation sites excluding steroid dienone is 4. The number of fused-ring (bicyclic) bond motifs is 5. The first kappa shape index (κ1) is 18.9. The van der Waals surface area contributed by atoms with E-state index in [0.717, 1.165) is 6.42 Å². The summed E-state index contributed by atoms with van der Waals surface area (Å²) < 4.78 is 29.2. The maximum atomic E-state index is 15.0. The number of aliphatic hydroxyl groups is 2. The normalized spacial score (nSPS) is 46.5. The van der Waals surface area contributed by atoms with Crippen LogP contribution in [-0.2, 0) is 9.59 Å². The number of aliphatic hydroxyl groups excluding tert-OH is 2. The zero-order valence-corrected chi connectivity index (χ0v) is 15.7. The maximum absolute atomic E-state index is 15.0. The minimum atomic E-state index is -1.35. The van der Waals surface area contributed by atoms with Crippen molar-refractivity contribution in [3.05, 3.63) is 23.3 Å². The molecule has 0 unspecified atom stereocenters. The van der Waals surface area contributed by atoms with Crippen molar-refractivity contribution in [3.63, 3.8) is 0 Å². The van der Waals surface area contributed by atoms with E-state index in [0.29, 0.717) is 31.3 Å². The van der Waals surface area contributed by atoms with Crippen LogP contribution >= 0.6 is 0 Å². The summed E-state index contributed by atoms with van der Waals surface area (Å²) in [6, 6.07) is 0. The second kappa shape index (κ2) is 6.05. The van der Waals surface area contributed by atoms with Crippen LogP contribution in [0.5, 0.6) is 0 Å². The fourth-order valence-corrected chi connectivity index (χ4v) is 7.07. The zero-order chi connectivity index (χ0) is 19.7. The Morgan fingerprint density at radius 3 is 2.63 bits per heavy atom. The molecule has 0 radical (unpaired) electrons. The van der Waals surface area contributed by atoms with Gasteiger partial charge in [0.15, 0.2) is 5.78 Å². The number of hydrogen-bond acceptors (Lipinski definition) is 4. The molecular weight excluding hydrogens is 354 g/mol. The molecule has 148 valence electrons. The molecule has 0 aromatic rings. The molecule has 4 rings (SSSR count). The Morgan fingerprint density at radius 1 is 1.26 bits per heavy atom. The SMILES string of the molecule is C[C@@]12C(=CC(=O)C(F)=C1F)CC[C@@H]1[C@@H]2[C@@H](O)C[C@]2(C)[C@@H](C(=O)CO)CC[C@@H]12. The number of carbonyl (C=O) groups excluding carboxylic acids is 2. The first-order chi connectivity index (χ1) is 12.7. The van der Waals surface area contributed by atoms with E-state index < -0.39 is 46.9 Å². The molecule has 0 aliphatic heterocycles. The number of hydrogen-bond donors (Lipinski definition) is 2. The minimum Gasteiger partial charge on any atom is -0.393 e. The van der Waals surface area contributed by atoms with Crippen LogP contribution in [0.15, 0.2) is 23.3 Å². The summed E-state index contributed by atoms with van der Waals surface area (Å²) in [5, 5.41) is 20.4. The highest BCUT2D eigenvalue weighted by Gasteiger charge is 2.64. The van der Waals surface area contributed by atoms with Crippen LogP contribution in [0.2, 0.25) is 0 Å². The van der Waals surface area contributed by atoms with Gasteiger partial charge in [0, 0.05) is 17.3 Å². The van der Waals surface area contributed by atoms with E-state index in [1.54, 1.807) is 6.92 Å². The van der Waals surface area contributed by atoms with E-state index >= 15 is 4.39 Å². The zero-order valence-electron chi connectivity index (χ0n) is 15.7. The van der Waals surface area contributed by atoms with Gasteiger partial charge in [0.25, 0.3) is 0 Å². The number of rotatable bonds is 2. The van der Waals surface area contributed by atoms with Gasteiger partial charge >= 0.3 is 0 Å². The molecule has 3 saturated carbocycles. The highest BCUT2D eigenvalue weighted by molar-refractivity contribution is 6.04. The van der Waals surface area contributed by atoms with Gasteiger partial charge in [-0.15, -0.1) is 0 Å². The first-order valence-electron chi connectivity index (χ1n) is 9.79. The number of Topliss-reactive ketones (excluding diaryl/α,β-unsaturated/α-hetero) is 1. The van der Waals surface area contributed by atoms with Crippen LogP contribution in [0.25, 0.3) is 0 Å². The summed E-state index contributed by atoms with van der Waals surface area (Å²) >= 11 is 0. The van der Waals surface area contributed by atoms with Gasteiger partial charge in [-0.05, 0) is 62.4 Å². The van der Waals surface area contributed by atoms with Gasteiger partial charge in [0.2, 0.25) is 11.6 Å². The van der Waals surface area contributed by atoms with Crippen LogP contribution in [0, 0.1) is 34.5 Å². The molecule has 0 bridgehead atoms. The van der Waals surface area contributed by atoms with Crippen molar-refractivity contribution in [2.45, 2.75) is 52.1 Å². The molecule has 4 aliphatic rings. The lowest BCUT2D eigenvalue weighted by Gasteiger charge is -2.58. The molecular formula is C21H26F2O4. The standard InChI is InChI=1S/C21H26F2O4/c1-20-8-15(26)17-11(12(20)5-6-13(20)16(27)9-24)4-3-10-7-14(25)18(22)19(23)21(10,17)2/h7,11-13,15,17,24,26H,3-6,8-9H2,1-2H3/t11-,12-,13+,15-,17+,20-,21-/m0/s1. The van der Waals surface area contributed by atoms with Crippen molar-refractivity contribution in [1.82, 2.24) is 0 Å². The molecule has 6 heteroatoms. The van der Waals surface area contributed by atoms with E-state index in [-0.39, 0.29) is 23.5 Å². The van der Waals surface area contributed by atoms with Gasteiger partial charge in [-0.25, -0.2) is 4.39 Å². The molecule has 0 aromatic heterocycles. The van der Waals surface area contributed by atoms with E-state index in [1.807, 2.05) is 6.92 Å². The van der Waals surface area contributed by atoms with Crippen molar-refractivity contribution in [1.29, 1.82) is 0 Å². The van der Waals surface area contributed by atoms with Gasteiger partial charge in [0.1, 0.15) is 12.4 Å². The second-order valence-electron chi connectivity index (χ2n) is 9.23. The van der Waals surface area contributed by atoms with E-state index in [9.17, 15) is 24.2 Å². The predicted molar refractivity (Wildman–Crippen MR) is 93.7 cm³/mol. The molecule has 4 aliphatic carbocycles. The molecule has 2 N–H and O–H groups in total. The van der Waals surface area contributed by atoms with Crippen LogP contribution in [0.3, 0.4) is 0 Å². The van der Waals surface area contributed by atoms with Crippen molar-refractivity contribution >= 4 is 11.6 Å². The Labute approximate surface area is 157 Å². The third-order valence-electron chi connectivity index (χ3n) is 8.25. The summed E-state index contributed by atoms with van der Waals surface area (Å²) in [4.78, 5) is 24.0. The average Bonchev–Trinajstić information content (AvgIpc) is 2.97. The fraction of sp³-hybridized carbons (Fsp3) is 0.714. The van der Waals surface area contributed by atoms with Crippen molar-refractivity contribution in [3.8, 4) is 0 Å². The van der Waals surface area contributed by atoms with E-state index in [1.165, 1.54) is 6.08 Å². The topological polar surface area (TPSA) is 74.6 Å². The largest absolute Gasteiger partial charge is 0.393 e. The molecule has 0 heterocycles. The average molecular weight is 380 g/mol. The molecule has 4 nitrogen and oxygen atoms in total. The highest BCUT2D eigenvalue weighted by atomic mass is 19.2. The summed E-state index contributed by atoms with van der Waals surface area (Å²) in [6.45, 7) is 3.09.